The summed E-state index contributed by atoms with van der Waals surface area (Å²) in [5.41, 5.74) is 3.28. The minimum Gasteiger partial charge on any atom is -0.497 e. The molecule has 4 heteroatoms. The maximum Gasteiger partial charge on any atom is 0.222 e. The largest absolute Gasteiger partial charge is 0.497 e. The van der Waals surface area contributed by atoms with Crippen LogP contribution in [0.5, 0.6) is 5.75 Å². The molecule has 0 aliphatic heterocycles. The van der Waals surface area contributed by atoms with E-state index in [9.17, 15) is 4.79 Å². The lowest BCUT2D eigenvalue weighted by atomic mass is 10.1. The van der Waals surface area contributed by atoms with Crippen LogP contribution in [0.15, 0.2) is 48.5 Å². The van der Waals surface area contributed by atoms with E-state index in [1.165, 1.54) is 5.56 Å². The van der Waals surface area contributed by atoms with E-state index in [-0.39, 0.29) is 5.91 Å². The first kappa shape index (κ1) is 15.9. The Kier molecular flexibility index (Phi) is 5.83. The van der Waals surface area contributed by atoms with Gasteiger partial charge in [0.15, 0.2) is 0 Å². The van der Waals surface area contributed by atoms with Gasteiger partial charge in [0.1, 0.15) is 5.75 Å². The van der Waals surface area contributed by atoms with Crippen LogP contribution in [0.4, 0.5) is 5.69 Å². The van der Waals surface area contributed by atoms with Gasteiger partial charge in [0.2, 0.25) is 5.91 Å². The lowest BCUT2D eigenvalue weighted by Gasteiger charge is -2.09. The SMILES string of the molecule is COc1cccc(NCCC(=O)NCc2ccc(C)cc2)c1. The van der Waals surface area contributed by atoms with Crippen LogP contribution in [0.25, 0.3) is 0 Å². The molecule has 0 aliphatic carbocycles. The average molecular weight is 298 g/mol. The summed E-state index contributed by atoms with van der Waals surface area (Å²) in [5.74, 6) is 0.838. The maximum atomic E-state index is 11.8. The summed E-state index contributed by atoms with van der Waals surface area (Å²) < 4.78 is 5.16. The Labute approximate surface area is 131 Å². The number of aryl methyl sites for hydroxylation is 1. The van der Waals surface area contributed by atoms with Gasteiger partial charge in [-0.2, -0.15) is 0 Å². The van der Waals surface area contributed by atoms with E-state index in [1.807, 2.05) is 55.5 Å². The monoisotopic (exact) mass is 298 g/mol. The van der Waals surface area contributed by atoms with Crippen molar-refractivity contribution in [2.45, 2.75) is 19.9 Å². The fourth-order valence-electron chi connectivity index (χ4n) is 2.05. The Bertz CT molecular complexity index is 609. The predicted octanol–water partition coefficient (Wildman–Crippen LogP) is 3.12. The van der Waals surface area contributed by atoms with E-state index in [1.54, 1.807) is 7.11 Å². The number of hydrogen-bond donors (Lipinski definition) is 2. The first-order valence-electron chi connectivity index (χ1n) is 7.37. The maximum absolute atomic E-state index is 11.8. The molecule has 0 saturated carbocycles. The highest BCUT2D eigenvalue weighted by atomic mass is 16.5. The van der Waals surface area contributed by atoms with E-state index < -0.39 is 0 Å². The van der Waals surface area contributed by atoms with Gasteiger partial charge in [-0.25, -0.2) is 0 Å². The molecule has 0 fully saturated rings. The molecule has 0 heterocycles. The molecule has 2 rings (SSSR count). The van der Waals surface area contributed by atoms with Crippen LogP contribution in [0.3, 0.4) is 0 Å². The second kappa shape index (κ2) is 8.08. The van der Waals surface area contributed by atoms with Crippen LogP contribution in [0.1, 0.15) is 17.5 Å². The van der Waals surface area contributed by atoms with Gasteiger partial charge in [0.05, 0.1) is 7.11 Å². The Hall–Kier alpha value is -2.49. The van der Waals surface area contributed by atoms with E-state index in [0.29, 0.717) is 19.5 Å². The summed E-state index contributed by atoms with van der Waals surface area (Å²) in [5, 5.41) is 6.14. The number of carbonyl (C=O) groups excluding carboxylic acids is 1. The van der Waals surface area contributed by atoms with Crippen LogP contribution in [-0.2, 0) is 11.3 Å². The summed E-state index contributed by atoms with van der Waals surface area (Å²) in [6, 6.07) is 15.8. The van der Waals surface area contributed by atoms with Crippen LogP contribution in [0, 0.1) is 6.92 Å². The number of hydrogen-bond acceptors (Lipinski definition) is 3. The van der Waals surface area contributed by atoms with E-state index in [4.69, 9.17) is 4.74 Å². The van der Waals surface area contributed by atoms with E-state index in [0.717, 1.165) is 17.0 Å². The van der Waals surface area contributed by atoms with E-state index >= 15 is 0 Å². The Morgan fingerprint density at radius 2 is 1.91 bits per heavy atom. The zero-order valence-corrected chi connectivity index (χ0v) is 13.1. The van der Waals surface area contributed by atoms with Crippen molar-refractivity contribution in [2.24, 2.45) is 0 Å². The number of carbonyl (C=O) groups is 1. The van der Waals surface area contributed by atoms with Crippen molar-refractivity contribution in [3.63, 3.8) is 0 Å². The molecule has 4 nitrogen and oxygen atoms in total. The molecular weight excluding hydrogens is 276 g/mol. The Balaban J connectivity index is 1.70. The van der Waals surface area contributed by atoms with Crippen molar-refractivity contribution in [2.75, 3.05) is 19.0 Å². The normalized spacial score (nSPS) is 10.1. The third-order valence-electron chi connectivity index (χ3n) is 3.36. The summed E-state index contributed by atoms with van der Waals surface area (Å²) in [7, 11) is 1.64. The fraction of sp³-hybridized carbons (Fsp3) is 0.278. The lowest BCUT2D eigenvalue weighted by Crippen LogP contribution is -2.24. The molecule has 2 aromatic rings. The molecule has 0 aromatic heterocycles. The van der Waals surface area contributed by atoms with Gasteiger partial charge in [0.25, 0.3) is 0 Å². The minimum atomic E-state index is 0.0379. The highest BCUT2D eigenvalue weighted by molar-refractivity contribution is 5.76. The van der Waals surface area contributed by atoms with Gasteiger partial charge >= 0.3 is 0 Å². The molecule has 0 bridgehead atoms. The van der Waals surface area contributed by atoms with Crippen molar-refractivity contribution < 1.29 is 9.53 Å². The second-order valence-corrected chi connectivity index (χ2v) is 5.17. The Morgan fingerprint density at radius 3 is 2.64 bits per heavy atom. The summed E-state index contributed by atoms with van der Waals surface area (Å²) in [6.07, 6.45) is 0.434. The molecule has 0 atom stereocenters. The fourth-order valence-corrected chi connectivity index (χ4v) is 2.05. The molecule has 0 radical (unpaired) electrons. The van der Waals surface area contributed by atoms with Crippen molar-refractivity contribution in [3.05, 3.63) is 59.7 Å². The number of ether oxygens (including phenoxy) is 1. The molecular formula is C18H22N2O2. The zero-order valence-electron chi connectivity index (χ0n) is 13.1. The van der Waals surface area contributed by atoms with Crippen LogP contribution >= 0.6 is 0 Å². The predicted molar refractivity (Wildman–Crippen MR) is 89.1 cm³/mol. The highest BCUT2D eigenvalue weighted by Gasteiger charge is 2.02. The molecule has 22 heavy (non-hydrogen) atoms. The molecule has 2 N–H and O–H groups in total. The molecule has 2 aromatic carbocycles. The van der Waals surface area contributed by atoms with Crippen molar-refractivity contribution >= 4 is 11.6 Å². The summed E-state index contributed by atoms with van der Waals surface area (Å²) in [6.45, 7) is 3.21. The number of methoxy groups -OCH3 is 1. The van der Waals surface area contributed by atoms with Gasteiger partial charge in [-0.05, 0) is 24.6 Å². The third kappa shape index (κ3) is 5.13. The lowest BCUT2D eigenvalue weighted by molar-refractivity contribution is -0.121. The average Bonchev–Trinajstić information content (AvgIpc) is 2.54. The summed E-state index contributed by atoms with van der Waals surface area (Å²) in [4.78, 5) is 11.8. The molecule has 116 valence electrons. The Morgan fingerprint density at radius 1 is 1.14 bits per heavy atom. The van der Waals surface area contributed by atoms with Gasteiger partial charge < -0.3 is 15.4 Å². The van der Waals surface area contributed by atoms with Crippen LogP contribution in [-0.4, -0.2) is 19.6 Å². The first-order valence-corrected chi connectivity index (χ1v) is 7.37. The quantitative estimate of drug-likeness (QED) is 0.825. The number of rotatable bonds is 7. The molecule has 1 amide bonds. The number of anilines is 1. The van der Waals surface area contributed by atoms with Gasteiger partial charge in [-0.3, -0.25) is 4.79 Å². The molecule has 0 spiro atoms. The standard InChI is InChI=1S/C18H22N2O2/c1-14-6-8-15(9-7-14)13-20-18(21)10-11-19-16-4-3-5-17(12-16)22-2/h3-9,12,19H,10-11,13H2,1-2H3,(H,20,21). The van der Waals surface area contributed by atoms with Gasteiger partial charge in [-0.15, -0.1) is 0 Å². The van der Waals surface area contributed by atoms with Crippen molar-refractivity contribution in [1.29, 1.82) is 0 Å². The third-order valence-corrected chi connectivity index (χ3v) is 3.36. The van der Waals surface area contributed by atoms with E-state index in [2.05, 4.69) is 10.6 Å². The molecule has 0 unspecified atom stereocenters. The number of nitrogens with one attached hydrogen (secondary N) is 2. The van der Waals surface area contributed by atoms with Crippen molar-refractivity contribution in [1.82, 2.24) is 5.32 Å². The zero-order chi connectivity index (χ0) is 15.8. The number of amides is 1. The van der Waals surface area contributed by atoms with Gasteiger partial charge in [-0.1, -0.05) is 35.9 Å². The molecule has 0 saturated heterocycles. The topological polar surface area (TPSA) is 50.4 Å². The van der Waals surface area contributed by atoms with Gasteiger partial charge in [0, 0.05) is 31.3 Å². The number of benzene rings is 2. The first-order chi connectivity index (χ1) is 10.7. The second-order valence-electron chi connectivity index (χ2n) is 5.17. The van der Waals surface area contributed by atoms with Crippen molar-refractivity contribution in [3.8, 4) is 5.75 Å². The smallest absolute Gasteiger partial charge is 0.222 e. The molecule has 0 aliphatic rings. The van der Waals surface area contributed by atoms with Crippen LogP contribution in [0.2, 0.25) is 0 Å². The van der Waals surface area contributed by atoms with Crippen LogP contribution < -0.4 is 15.4 Å². The highest BCUT2D eigenvalue weighted by Crippen LogP contribution is 2.16. The summed E-state index contributed by atoms with van der Waals surface area (Å²) >= 11 is 0. The minimum absolute atomic E-state index is 0.0379.